The first-order chi connectivity index (χ1) is 16.1. The lowest BCUT2D eigenvalue weighted by molar-refractivity contribution is 0.0595. The number of hydrogen-bond acceptors (Lipinski definition) is 7. The molecule has 0 spiro atoms. The summed E-state index contributed by atoms with van der Waals surface area (Å²) in [7, 11) is -3.73. The number of nitrogens with zero attached hydrogens (tertiary/aromatic N) is 4. The van der Waals surface area contributed by atoms with Gasteiger partial charge in [0.15, 0.2) is 5.03 Å². The fraction of sp³-hybridized carbons (Fsp3) is 0.550. The molecule has 2 fully saturated rings. The molecule has 1 unspecified atom stereocenters. The van der Waals surface area contributed by atoms with Crippen LogP contribution in [0.2, 0.25) is 5.02 Å². The van der Waals surface area contributed by atoms with Gasteiger partial charge in [-0.25, -0.2) is 18.1 Å². The van der Waals surface area contributed by atoms with E-state index in [0.29, 0.717) is 36.9 Å². The second-order valence-electron chi connectivity index (χ2n) is 7.76. The van der Waals surface area contributed by atoms with Crippen LogP contribution in [0.1, 0.15) is 34.5 Å². The third kappa shape index (κ3) is 5.17. The van der Waals surface area contributed by atoms with Gasteiger partial charge in [-0.05, 0) is 59.7 Å². The molecule has 2 aliphatic heterocycles. The maximum Gasteiger partial charge on any atom is 0.287 e. The standard InChI is InChI=1S/C20H25BrClN5O4S/c21-15-3-4-18(24-11-15)32(29,30)26-7-5-16(6-8-26)27-20(28)19(22)17(12-25-27)23-10-14-2-1-9-31-13-14/h3-4,11-12,14,16,23H,1-2,5-10,13H2/i10D2. The Morgan fingerprint density at radius 3 is 2.72 bits per heavy atom. The Kier molecular flexibility index (Phi) is 6.68. The molecule has 2 aromatic rings. The SMILES string of the molecule is [2H]C([2H])(Nc1cnn(C2CCN(S(=O)(=O)c3ccc(Br)cn3)CC2)c(=O)c1Cl)C1CCCOC1. The zero-order chi connectivity index (χ0) is 24.5. The second-order valence-corrected chi connectivity index (χ2v) is 10.9. The summed E-state index contributed by atoms with van der Waals surface area (Å²) in [5.74, 6) is -0.369. The number of anilines is 1. The Balaban J connectivity index is 1.45. The normalized spacial score (nSPS) is 22.2. The molecule has 0 radical (unpaired) electrons. The van der Waals surface area contributed by atoms with Gasteiger partial charge >= 0.3 is 0 Å². The highest BCUT2D eigenvalue weighted by Gasteiger charge is 2.32. The highest BCUT2D eigenvalue weighted by Crippen LogP contribution is 2.27. The molecule has 32 heavy (non-hydrogen) atoms. The molecule has 2 aliphatic rings. The first-order valence-corrected chi connectivity index (χ1v) is 13.0. The van der Waals surface area contributed by atoms with Crippen LogP contribution in [0.15, 0.2) is 38.8 Å². The van der Waals surface area contributed by atoms with Crippen molar-refractivity contribution in [2.24, 2.45) is 5.92 Å². The van der Waals surface area contributed by atoms with E-state index in [0.717, 1.165) is 6.42 Å². The Hall–Kier alpha value is -1.53. The highest BCUT2D eigenvalue weighted by atomic mass is 79.9. The molecule has 4 rings (SSSR count). The largest absolute Gasteiger partial charge is 0.382 e. The Labute approximate surface area is 203 Å². The van der Waals surface area contributed by atoms with Crippen LogP contribution in [0.3, 0.4) is 0 Å². The third-order valence-corrected chi connectivity index (χ3v) is 8.24. The van der Waals surface area contributed by atoms with Crippen molar-refractivity contribution < 1.29 is 15.9 Å². The van der Waals surface area contributed by atoms with Crippen molar-refractivity contribution in [2.45, 2.75) is 36.8 Å². The van der Waals surface area contributed by atoms with Crippen molar-refractivity contribution in [3.8, 4) is 0 Å². The van der Waals surface area contributed by atoms with Crippen LogP contribution in [0.4, 0.5) is 5.69 Å². The minimum absolute atomic E-state index is 0.0273. The van der Waals surface area contributed by atoms with Gasteiger partial charge < -0.3 is 10.1 Å². The molecular weight excluding hydrogens is 522 g/mol. The summed E-state index contributed by atoms with van der Waals surface area (Å²) >= 11 is 9.55. The molecule has 0 bridgehead atoms. The number of pyridine rings is 1. The number of halogens is 2. The van der Waals surface area contributed by atoms with E-state index in [1.54, 1.807) is 6.07 Å². The summed E-state index contributed by atoms with van der Waals surface area (Å²) in [6.45, 7) is -0.489. The molecule has 4 heterocycles. The molecule has 0 aromatic carbocycles. The van der Waals surface area contributed by atoms with Crippen molar-refractivity contribution >= 4 is 43.2 Å². The predicted octanol–water partition coefficient (Wildman–Crippen LogP) is 2.92. The van der Waals surface area contributed by atoms with Gasteiger partial charge in [0.25, 0.3) is 15.6 Å². The number of piperidine rings is 1. The first kappa shape index (κ1) is 21.0. The van der Waals surface area contributed by atoms with Gasteiger partial charge in [-0.1, -0.05) is 11.6 Å². The lowest BCUT2D eigenvalue weighted by atomic mass is 10.0. The fourth-order valence-corrected chi connectivity index (χ4v) is 5.60. The monoisotopic (exact) mass is 547 g/mol. The summed E-state index contributed by atoms with van der Waals surface area (Å²) < 4.78 is 51.1. The Bertz CT molecular complexity index is 1180. The maximum atomic E-state index is 12.9. The molecule has 0 saturated carbocycles. The van der Waals surface area contributed by atoms with Gasteiger partial charge in [0.2, 0.25) is 0 Å². The van der Waals surface area contributed by atoms with E-state index < -0.39 is 22.1 Å². The number of hydrogen-bond donors (Lipinski definition) is 1. The number of nitrogens with one attached hydrogen (secondary N) is 1. The van der Waals surface area contributed by atoms with E-state index in [4.69, 9.17) is 19.1 Å². The van der Waals surface area contributed by atoms with Crippen LogP contribution in [0.5, 0.6) is 0 Å². The molecule has 1 atom stereocenters. The van der Waals surface area contributed by atoms with Gasteiger partial charge in [-0.15, -0.1) is 0 Å². The predicted molar refractivity (Wildman–Crippen MR) is 125 cm³/mol. The van der Waals surface area contributed by atoms with Crippen LogP contribution in [0.25, 0.3) is 0 Å². The molecule has 2 aromatic heterocycles. The van der Waals surface area contributed by atoms with Crippen molar-refractivity contribution in [3.63, 3.8) is 0 Å². The van der Waals surface area contributed by atoms with Crippen molar-refractivity contribution in [1.82, 2.24) is 19.1 Å². The summed E-state index contributed by atoms with van der Waals surface area (Å²) in [4.78, 5) is 16.9. The van der Waals surface area contributed by atoms with Gasteiger partial charge in [0.1, 0.15) is 5.02 Å². The quantitative estimate of drug-likeness (QED) is 0.591. The Morgan fingerprint density at radius 2 is 2.06 bits per heavy atom. The second kappa shape index (κ2) is 10.2. The smallest absolute Gasteiger partial charge is 0.287 e. The van der Waals surface area contributed by atoms with E-state index in [1.807, 2.05) is 0 Å². The van der Waals surface area contributed by atoms with Gasteiger partial charge in [-0.3, -0.25) is 4.79 Å². The van der Waals surface area contributed by atoms with E-state index in [2.05, 4.69) is 31.3 Å². The topological polar surface area (TPSA) is 106 Å². The van der Waals surface area contributed by atoms with Crippen LogP contribution < -0.4 is 10.9 Å². The van der Waals surface area contributed by atoms with Crippen LogP contribution in [-0.2, 0) is 14.8 Å². The first-order valence-electron chi connectivity index (χ1n) is 11.3. The van der Waals surface area contributed by atoms with Crippen molar-refractivity contribution in [3.05, 3.63) is 44.4 Å². The molecule has 0 amide bonds. The molecule has 12 heteroatoms. The molecule has 1 N–H and O–H groups in total. The molecular formula is C20H25BrClN5O4S. The van der Waals surface area contributed by atoms with Gasteiger partial charge in [0, 0.05) is 39.6 Å². The fourth-order valence-electron chi connectivity index (χ4n) is 3.80. The van der Waals surface area contributed by atoms with Crippen molar-refractivity contribution in [1.29, 1.82) is 0 Å². The van der Waals surface area contributed by atoms with Crippen LogP contribution in [-0.4, -0.2) is 60.3 Å². The third-order valence-electron chi connectivity index (χ3n) is 5.59. The minimum Gasteiger partial charge on any atom is -0.382 e. The lowest BCUT2D eigenvalue weighted by Crippen LogP contribution is -2.41. The molecule has 174 valence electrons. The number of ether oxygens (including phenoxy) is 1. The summed E-state index contributed by atoms with van der Waals surface area (Å²) in [5, 5.41) is 6.77. The summed E-state index contributed by atoms with van der Waals surface area (Å²) in [6.07, 6.45) is 4.98. The van der Waals surface area contributed by atoms with Gasteiger partial charge in [0.05, 0.1) is 24.5 Å². The lowest BCUT2D eigenvalue weighted by Gasteiger charge is -2.31. The highest BCUT2D eigenvalue weighted by molar-refractivity contribution is 9.10. The van der Waals surface area contributed by atoms with Crippen molar-refractivity contribution in [2.75, 3.05) is 38.1 Å². The number of sulfonamides is 1. The van der Waals surface area contributed by atoms with Crippen LogP contribution >= 0.6 is 27.5 Å². The van der Waals surface area contributed by atoms with Crippen LogP contribution in [0, 0.1) is 5.92 Å². The van der Waals surface area contributed by atoms with E-state index in [-0.39, 0.29) is 40.8 Å². The summed E-state index contributed by atoms with van der Waals surface area (Å²) in [6, 6.07) is 2.74. The molecule has 0 aliphatic carbocycles. The van der Waals surface area contributed by atoms with Gasteiger partial charge in [-0.2, -0.15) is 9.40 Å². The van der Waals surface area contributed by atoms with E-state index in [1.165, 1.54) is 27.4 Å². The average Bonchev–Trinajstić information content (AvgIpc) is 2.83. The number of aromatic nitrogens is 3. The maximum absolute atomic E-state index is 12.9. The molecule has 2 saturated heterocycles. The minimum atomic E-state index is -3.73. The van der Waals surface area contributed by atoms with E-state index in [9.17, 15) is 13.2 Å². The zero-order valence-corrected chi connectivity index (χ0v) is 20.4. The summed E-state index contributed by atoms with van der Waals surface area (Å²) in [5.41, 5.74) is -0.418. The van der Waals surface area contributed by atoms with E-state index >= 15 is 0 Å². The molecule has 9 nitrogen and oxygen atoms in total. The Morgan fingerprint density at radius 1 is 1.28 bits per heavy atom. The number of rotatable bonds is 6. The average molecular weight is 549 g/mol. The zero-order valence-electron chi connectivity index (χ0n) is 19.2.